The first-order valence-corrected chi connectivity index (χ1v) is 11.3. The quantitative estimate of drug-likeness (QED) is 0.677. The maximum Gasteiger partial charge on any atom is 0.339 e. The number of sulfone groups is 1. The van der Waals surface area contributed by atoms with Gasteiger partial charge in [-0.3, -0.25) is 4.79 Å². The molecule has 0 saturated heterocycles. The number of amides is 1. The van der Waals surface area contributed by atoms with Crippen molar-refractivity contribution in [2.24, 2.45) is 0 Å². The molecule has 2 aromatic carbocycles. The molecule has 0 saturated carbocycles. The normalized spacial score (nSPS) is 16.0. The lowest BCUT2D eigenvalue weighted by molar-refractivity contribution is -0.135. The van der Waals surface area contributed by atoms with E-state index in [1.165, 1.54) is 24.6 Å². The predicted octanol–water partition coefficient (Wildman–Crippen LogP) is 3.17. The molecule has 1 amide bonds. The van der Waals surface area contributed by atoms with Gasteiger partial charge in [0.2, 0.25) is 0 Å². The summed E-state index contributed by atoms with van der Waals surface area (Å²) in [6.07, 6.45) is 2.83. The molecule has 0 bridgehead atoms. The third-order valence-corrected chi connectivity index (χ3v) is 7.13. The first-order valence-electron chi connectivity index (χ1n) is 9.67. The summed E-state index contributed by atoms with van der Waals surface area (Å²) in [6, 6.07) is 13.9. The van der Waals surface area contributed by atoms with Gasteiger partial charge in [-0.15, -0.1) is 0 Å². The first-order chi connectivity index (χ1) is 13.8. The van der Waals surface area contributed by atoms with Crippen molar-refractivity contribution in [1.29, 1.82) is 0 Å². The highest BCUT2D eigenvalue weighted by molar-refractivity contribution is 7.91. The summed E-state index contributed by atoms with van der Waals surface area (Å²) in [6.45, 7) is 1.08. The van der Waals surface area contributed by atoms with Gasteiger partial charge in [-0.25, -0.2) is 13.2 Å². The van der Waals surface area contributed by atoms with Crippen molar-refractivity contribution in [2.75, 3.05) is 19.4 Å². The van der Waals surface area contributed by atoms with Crippen LogP contribution in [0.2, 0.25) is 0 Å². The van der Waals surface area contributed by atoms with Crippen LogP contribution in [0.15, 0.2) is 53.4 Å². The molecular formula is C22H25NO5S. The molecule has 0 heterocycles. The van der Waals surface area contributed by atoms with Gasteiger partial charge in [0, 0.05) is 7.05 Å². The summed E-state index contributed by atoms with van der Waals surface area (Å²) < 4.78 is 29.6. The van der Waals surface area contributed by atoms with Crippen LogP contribution in [0, 0.1) is 0 Å². The highest BCUT2D eigenvalue weighted by Gasteiger charge is 2.28. The van der Waals surface area contributed by atoms with Gasteiger partial charge in [-0.1, -0.05) is 43.3 Å². The zero-order valence-electron chi connectivity index (χ0n) is 16.6. The zero-order chi connectivity index (χ0) is 21.0. The van der Waals surface area contributed by atoms with E-state index in [-0.39, 0.29) is 28.2 Å². The van der Waals surface area contributed by atoms with Crippen molar-refractivity contribution < 1.29 is 22.7 Å². The van der Waals surface area contributed by atoms with Crippen molar-refractivity contribution >= 4 is 21.7 Å². The van der Waals surface area contributed by atoms with Crippen molar-refractivity contribution in [3.8, 4) is 0 Å². The lowest BCUT2D eigenvalue weighted by Gasteiger charge is -2.33. The summed E-state index contributed by atoms with van der Waals surface area (Å²) >= 11 is 0. The predicted molar refractivity (Wildman–Crippen MR) is 109 cm³/mol. The maximum absolute atomic E-state index is 12.7. The molecule has 0 spiro atoms. The molecule has 0 N–H and O–H groups in total. The monoisotopic (exact) mass is 415 g/mol. The second-order valence-electron chi connectivity index (χ2n) is 7.09. The van der Waals surface area contributed by atoms with Crippen LogP contribution in [0.4, 0.5) is 0 Å². The van der Waals surface area contributed by atoms with E-state index in [9.17, 15) is 18.0 Å². The number of esters is 1. The molecule has 1 unspecified atom stereocenters. The van der Waals surface area contributed by atoms with E-state index in [0.29, 0.717) is 0 Å². The van der Waals surface area contributed by atoms with Crippen LogP contribution >= 0.6 is 0 Å². The van der Waals surface area contributed by atoms with E-state index in [0.717, 1.165) is 24.8 Å². The van der Waals surface area contributed by atoms with Gasteiger partial charge in [0.15, 0.2) is 16.4 Å². The smallest absolute Gasteiger partial charge is 0.339 e. The molecular weight excluding hydrogens is 390 g/mol. The summed E-state index contributed by atoms with van der Waals surface area (Å²) in [5.74, 6) is -1.26. The molecule has 1 atom stereocenters. The standard InChI is InChI=1S/C22H25NO5S/c1-3-29(26,27)20-14-7-6-12-18(20)22(25)28-15-21(24)23(2)19-13-8-10-16-9-4-5-11-17(16)19/h4-7,9,11-12,14,19H,3,8,10,13,15H2,1-2H3. The number of likely N-dealkylation sites (N-methyl/N-ethyl adjacent to an activating group) is 1. The molecule has 1 aliphatic carbocycles. The SMILES string of the molecule is CCS(=O)(=O)c1ccccc1C(=O)OCC(=O)N(C)C1CCCc2ccccc21. The summed E-state index contributed by atoms with van der Waals surface area (Å²) in [4.78, 5) is 26.7. The number of benzene rings is 2. The molecule has 0 aliphatic heterocycles. The topological polar surface area (TPSA) is 80.7 Å². The Morgan fingerprint density at radius 1 is 1.10 bits per heavy atom. The van der Waals surface area contributed by atoms with Crippen LogP contribution in [-0.2, 0) is 25.8 Å². The Kier molecular flexibility index (Phi) is 6.37. The third-order valence-electron chi connectivity index (χ3n) is 5.35. The van der Waals surface area contributed by atoms with Crippen molar-refractivity contribution in [3.63, 3.8) is 0 Å². The fourth-order valence-corrected chi connectivity index (χ4v) is 4.76. The molecule has 0 fully saturated rings. The van der Waals surface area contributed by atoms with E-state index in [2.05, 4.69) is 6.07 Å². The minimum atomic E-state index is -3.58. The Morgan fingerprint density at radius 3 is 2.55 bits per heavy atom. The number of carbonyl (C=O) groups excluding carboxylic acids is 2. The molecule has 1 aliphatic rings. The van der Waals surface area contributed by atoms with Crippen molar-refractivity contribution in [3.05, 3.63) is 65.2 Å². The minimum Gasteiger partial charge on any atom is -0.452 e. The largest absolute Gasteiger partial charge is 0.452 e. The van der Waals surface area contributed by atoms with Crippen LogP contribution in [0.25, 0.3) is 0 Å². The van der Waals surface area contributed by atoms with Crippen LogP contribution in [0.1, 0.15) is 47.3 Å². The number of carbonyl (C=O) groups is 2. The van der Waals surface area contributed by atoms with Crippen molar-refractivity contribution in [1.82, 2.24) is 4.90 Å². The van der Waals surface area contributed by atoms with Gasteiger partial charge in [0.05, 0.1) is 22.3 Å². The fourth-order valence-electron chi connectivity index (χ4n) is 3.67. The van der Waals surface area contributed by atoms with Crippen LogP contribution in [0.3, 0.4) is 0 Å². The molecule has 0 aromatic heterocycles. The van der Waals surface area contributed by atoms with Gasteiger partial charge in [0.1, 0.15) is 0 Å². The number of fused-ring (bicyclic) bond motifs is 1. The molecule has 154 valence electrons. The second kappa shape index (κ2) is 8.78. The van der Waals surface area contributed by atoms with Gasteiger partial charge < -0.3 is 9.64 Å². The Morgan fingerprint density at radius 2 is 1.79 bits per heavy atom. The molecule has 29 heavy (non-hydrogen) atoms. The molecule has 7 heteroatoms. The Bertz CT molecular complexity index is 1020. The third kappa shape index (κ3) is 4.50. The number of ether oxygens (including phenoxy) is 1. The average molecular weight is 416 g/mol. The van der Waals surface area contributed by atoms with E-state index in [1.54, 1.807) is 24.1 Å². The highest BCUT2D eigenvalue weighted by Crippen LogP contribution is 2.33. The minimum absolute atomic E-state index is 0.0483. The van der Waals surface area contributed by atoms with Crippen LogP contribution in [0.5, 0.6) is 0 Å². The van der Waals surface area contributed by atoms with E-state index >= 15 is 0 Å². The number of hydrogen-bond acceptors (Lipinski definition) is 5. The lowest BCUT2D eigenvalue weighted by atomic mass is 9.87. The Balaban J connectivity index is 1.70. The highest BCUT2D eigenvalue weighted by atomic mass is 32.2. The first kappa shape index (κ1) is 21.0. The number of rotatable bonds is 6. The lowest BCUT2D eigenvalue weighted by Crippen LogP contribution is -2.36. The summed E-state index contributed by atoms with van der Waals surface area (Å²) in [5.41, 5.74) is 2.31. The Hall–Kier alpha value is -2.67. The van der Waals surface area contributed by atoms with Gasteiger partial charge in [0.25, 0.3) is 5.91 Å². The average Bonchev–Trinajstić information content (AvgIpc) is 2.76. The zero-order valence-corrected chi connectivity index (χ0v) is 17.4. The van der Waals surface area contributed by atoms with E-state index in [4.69, 9.17) is 4.74 Å². The van der Waals surface area contributed by atoms with Gasteiger partial charge in [-0.2, -0.15) is 0 Å². The summed E-state index contributed by atoms with van der Waals surface area (Å²) in [7, 11) is -1.87. The molecule has 3 rings (SSSR count). The second-order valence-corrected chi connectivity index (χ2v) is 9.33. The van der Waals surface area contributed by atoms with Gasteiger partial charge >= 0.3 is 5.97 Å². The number of nitrogens with zero attached hydrogens (tertiary/aromatic N) is 1. The fraction of sp³-hybridized carbons (Fsp3) is 0.364. The maximum atomic E-state index is 12.7. The van der Waals surface area contributed by atoms with Crippen LogP contribution in [-0.4, -0.2) is 44.6 Å². The van der Waals surface area contributed by atoms with E-state index < -0.39 is 22.4 Å². The van der Waals surface area contributed by atoms with E-state index in [1.807, 2.05) is 18.2 Å². The van der Waals surface area contributed by atoms with Crippen molar-refractivity contribution in [2.45, 2.75) is 37.1 Å². The van der Waals surface area contributed by atoms with Crippen LogP contribution < -0.4 is 0 Å². The Labute approximate surface area is 171 Å². The number of aryl methyl sites for hydroxylation is 1. The molecule has 2 aromatic rings. The molecule has 6 nitrogen and oxygen atoms in total. The van der Waals surface area contributed by atoms with Gasteiger partial charge in [-0.05, 0) is 42.5 Å². The number of hydrogen-bond donors (Lipinski definition) is 0. The molecule has 0 radical (unpaired) electrons. The summed E-state index contributed by atoms with van der Waals surface area (Å²) in [5, 5.41) is 0.